The van der Waals surface area contributed by atoms with Gasteiger partial charge in [-0.1, -0.05) is 5.16 Å². The van der Waals surface area contributed by atoms with E-state index in [4.69, 9.17) is 4.52 Å². The third-order valence-electron chi connectivity index (χ3n) is 4.08. The van der Waals surface area contributed by atoms with Crippen LogP contribution in [0.15, 0.2) is 10.6 Å². The first-order chi connectivity index (χ1) is 12.1. The smallest absolute Gasteiger partial charge is 0.361 e. The van der Waals surface area contributed by atoms with E-state index in [2.05, 4.69) is 10.1 Å². The molecule has 0 spiro atoms. The minimum absolute atomic E-state index is 0.593. The number of nitrogens with zero attached hydrogens (tertiary/aromatic N) is 3. The van der Waals surface area contributed by atoms with Gasteiger partial charge in [-0.25, -0.2) is 4.79 Å². The number of carbonyl (C=O) groups excluding carboxylic acids is 2. The lowest BCUT2D eigenvalue weighted by Crippen LogP contribution is -2.55. The summed E-state index contributed by atoms with van der Waals surface area (Å²) in [6.07, 6.45) is -4.52. The molecule has 0 saturated carbocycles. The summed E-state index contributed by atoms with van der Waals surface area (Å²) >= 11 is 0. The first-order valence-corrected chi connectivity index (χ1v) is 8.18. The largest absolute Gasteiger partial charge is 0.405 e. The van der Waals surface area contributed by atoms with E-state index in [0.717, 1.165) is 11.5 Å². The Morgan fingerprint density at radius 2 is 1.96 bits per heavy atom. The van der Waals surface area contributed by atoms with Crippen molar-refractivity contribution in [1.82, 2.24) is 25.6 Å². The van der Waals surface area contributed by atoms with Gasteiger partial charge in [0, 0.05) is 38.8 Å². The van der Waals surface area contributed by atoms with Crippen LogP contribution in [-0.2, 0) is 11.3 Å². The van der Waals surface area contributed by atoms with E-state index < -0.39 is 30.7 Å². The highest BCUT2D eigenvalue weighted by atomic mass is 19.4. The first kappa shape index (κ1) is 20.2. The molecule has 2 N–H and O–H groups in total. The second kappa shape index (κ2) is 8.49. The minimum Gasteiger partial charge on any atom is -0.361 e. The number of hydrogen-bond donors (Lipinski definition) is 2. The van der Waals surface area contributed by atoms with E-state index in [0.29, 0.717) is 32.7 Å². The predicted octanol–water partition coefficient (Wildman–Crippen LogP) is 0.877. The maximum atomic E-state index is 12.0. The Bertz CT molecular complexity index is 626. The summed E-state index contributed by atoms with van der Waals surface area (Å²) in [7, 11) is 0. The Hall–Kier alpha value is -2.14. The summed E-state index contributed by atoms with van der Waals surface area (Å²) in [6.45, 7) is 5.17. The normalized spacial score (nSPS) is 17.7. The molecule has 1 fully saturated rings. The van der Waals surface area contributed by atoms with Gasteiger partial charge in [0.2, 0.25) is 5.91 Å². The van der Waals surface area contributed by atoms with Crippen LogP contribution in [0.25, 0.3) is 0 Å². The number of halogens is 3. The van der Waals surface area contributed by atoms with E-state index in [9.17, 15) is 22.8 Å². The lowest BCUT2D eigenvalue weighted by molar-refractivity contribution is -0.127. The maximum Gasteiger partial charge on any atom is 0.405 e. The van der Waals surface area contributed by atoms with Crippen molar-refractivity contribution < 1.29 is 27.3 Å². The molecule has 0 aromatic carbocycles. The Labute approximate surface area is 148 Å². The quantitative estimate of drug-likeness (QED) is 0.792. The van der Waals surface area contributed by atoms with Gasteiger partial charge in [-0.2, -0.15) is 13.2 Å². The summed E-state index contributed by atoms with van der Waals surface area (Å²) < 4.78 is 41.2. The molecule has 0 bridgehead atoms. The molecule has 1 aromatic heterocycles. The molecule has 2 rings (SSSR count). The van der Waals surface area contributed by atoms with Crippen LogP contribution in [0, 0.1) is 6.92 Å². The molecular weight excluding hydrogens is 355 g/mol. The number of aromatic nitrogens is 1. The maximum absolute atomic E-state index is 12.0. The molecule has 1 saturated heterocycles. The lowest BCUT2D eigenvalue weighted by Gasteiger charge is -2.36. The highest BCUT2D eigenvalue weighted by Crippen LogP contribution is 2.12. The molecule has 1 aliphatic rings. The fourth-order valence-corrected chi connectivity index (χ4v) is 2.64. The van der Waals surface area contributed by atoms with E-state index in [1.807, 2.05) is 23.2 Å². The van der Waals surface area contributed by atoms with Gasteiger partial charge in [0.1, 0.15) is 12.3 Å². The van der Waals surface area contributed by atoms with Crippen LogP contribution >= 0.6 is 0 Å². The van der Waals surface area contributed by atoms with Crippen molar-refractivity contribution >= 4 is 11.9 Å². The number of carbonyl (C=O) groups is 2. The molecule has 26 heavy (non-hydrogen) atoms. The fourth-order valence-electron chi connectivity index (χ4n) is 2.64. The number of rotatable bonds is 5. The van der Waals surface area contributed by atoms with Crippen LogP contribution in [0.1, 0.15) is 18.4 Å². The number of nitrogens with one attached hydrogen (secondary N) is 2. The highest BCUT2D eigenvalue weighted by Gasteiger charge is 2.30. The van der Waals surface area contributed by atoms with Gasteiger partial charge < -0.3 is 9.84 Å². The lowest BCUT2D eigenvalue weighted by atomic mass is 10.2. The van der Waals surface area contributed by atoms with E-state index in [-0.39, 0.29) is 0 Å². The molecule has 1 aromatic rings. The summed E-state index contributed by atoms with van der Waals surface area (Å²) in [5.74, 6) is 0.109. The molecule has 146 valence electrons. The second-order valence-corrected chi connectivity index (χ2v) is 6.20. The Morgan fingerprint density at radius 1 is 1.31 bits per heavy atom. The molecular formula is C15H22F3N5O3. The predicted molar refractivity (Wildman–Crippen MR) is 85.1 cm³/mol. The highest BCUT2D eigenvalue weighted by molar-refractivity contribution is 5.96. The van der Waals surface area contributed by atoms with Gasteiger partial charge in [-0.3, -0.25) is 19.9 Å². The van der Waals surface area contributed by atoms with Crippen LogP contribution in [-0.4, -0.2) is 71.8 Å². The van der Waals surface area contributed by atoms with Crippen LogP contribution in [0.5, 0.6) is 0 Å². The molecule has 0 radical (unpaired) electrons. The van der Waals surface area contributed by atoms with Crippen molar-refractivity contribution in [1.29, 1.82) is 0 Å². The summed E-state index contributed by atoms with van der Waals surface area (Å²) in [4.78, 5) is 27.4. The summed E-state index contributed by atoms with van der Waals surface area (Å²) in [5.41, 5.74) is 0.836. The van der Waals surface area contributed by atoms with Crippen molar-refractivity contribution in [3.8, 4) is 0 Å². The molecule has 0 unspecified atom stereocenters. The third kappa shape index (κ3) is 6.30. The molecule has 0 aliphatic carbocycles. The first-order valence-electron chi connectivity index (χ1n) is 8.18. The zero-order chi connectivity index (χ0) is 19.3. The fraction of sp³-hybridized carbons (Fsp3) is 0.667. The Kier molecular flexibility index (Phi) is 6.59. The summed E-state index contributed by atoms with van der Waals surface area (Å²) in [6, 6.07) is 0.0874. The summed E-state index contributed by atoms with van der Waals surface area (Å²) in [5, 5.41) is 7.49. The van der Waals surface area contributed by atoms with Gasteiger partial charge in [0.15, 0.2) is 0 Å². The van der Waals surface area contributed by atoms with Crippen molar-refractivity contribution in [2.75, 3.05) is 32.7 Å². The molecule has 1 aliphatic heterocycles. The number of urea groups is 1. The van der Waals surface area contributed by atoms with Crippen LogP contribution in [0.3, 0.4) is 0 Å². The van der Waals surface area contributed by atoms with E-state index in [1.165, 1.54) is 0 Å². The molecule has 2 heterocycles. The van der Waals surface area contributed by atoms with Crippen molar-refractivity contribution in [3.05, 3.63) is 17.5 Å². The Balaban J connectivity index is 1.73. The number of amides is 3. The van der Waals surface area contributed by atoms with Crippen molar-refractivity contribution in [2.45, 2.75) is 32.6 Å². The van der Waals surface area contributed by atoms with Crippen molar-refractivity contribution in [2.24, 2.45) is 0 Å². The number of piperazine rings is 1. The third-order valence-corrected chi connectivity index (χ3v) is 4.08. The Morgan fingerprint density at radius 3 is 2.50 bits per heavy atom. The van der Waals surface area contributed by atoms with E-state index in [1.54, 1.807) is 12.2 Å². The van der Waals surface area contributed by atoms with Crippen molar-refractivity contribution in [3.63, 3.8) is 0 Å². The van der Waals surface area contributed by atoms with Gasteiger partial charge in [-0.15, -0.1) is 0 Å². The monoisotopic (exact) mass is 377 g/mol. The topological polar surface area (TPSA) is 90.7 Å². The number of imide groups is 1. The number of hydrogen-bond acceptors (Lipinski definition) is 6. The van der Waals surface area contributed by atoms with E-state index >= 15 is 0 Å². The van der Waals surface area contributed by atoms with Crippen LogP contribution < -0.4 is 10.6 Å². The zero-order valence-electron chi connectivity index (χ0n) is 14.6. The van der Waals surface area contributed by atoms with Gasteiger partial charge >= 0.3 is 12.2 Å². The average molecular weight is 377 g/mol. The van der Waals surface area contributed by atoms with Crippen LogP contribution in [0.2, 0.25) is 0 Å². The second-order valence-electron chi connectivity index (χ2n) is 6.20. The van der Waals surface area contributed by atoms with Gasteiger partial charge in [0.25, 0.3) is 0 Å². The van der Waals surface area contributed by atoms with Crippen LogP contribution in [0.4, 0.5) is 18.0 Å². The SMILES string of the molecule is Cc1cc(CN2CCN([C@@H](C)C(=O)NC(=O)NCC(F)(F)F)CC2)no1. The standard InChI is InChI=1S/C15H22F3N5O3/c1-10-7-12(21-26-10)8-22-3-5-23(6-4-22)11(2)13(24)20-14(25)19-9-15(16,17)18/h7,11H,3-6,8-9H2,1-2H3,(H2,19,20,24,25)/t11-/m0/s1. The van der Waals surface area contributed by atoms with Gasteiger partial charge in [-0.05, 0) is 13.8 Å². The molecule has 11 heteroatoms. The zero-order valence-corrected chi connectivity index (χ0v) is 14.6. The molecule has 3 amide bonds. The minimum atomic E-state index is -4.52. The average Bonchev–Trinajstić information content (AvgIpc) is 2.97. The molecule has 1 atom stereocenters. The molecule has 8 nitrogen and oxygen atoms in total. The van der Waals surface area contributed by atoms with Gasteiger partial charge in [0.05, 0.1) is 11.7 Å². The number of alkyl halides is 3. The number of aryl methyl sites for hydroxylation is 1.